The zero-order valence-electron chi connectivity index (χ0n) is 12.7. The molecule has 0 atom stereocenters. The van der Waals surface area contributed by atoms with Gasteiger partial charge in [-0.1, -0.05) is 18.2 Å². The first-order valence-corrected chi connectivity index (χ1v) is 7.40. The van der Waals surface area contributed by atoms with E-state index in [0.29, 0.717) is 0 Å². The molecule has 0 aliphatic carbocycles. The topological polar surface area (TPSA) is 35.6 Å². The molecular weight excluding hydrogens is 250 g/mol. The minimum Gasteiger partial charge on any atom is -0.358 e. The predicted octanol–water partition coefficient (Wildman–Crippen LogP) is 1.72. The second-order valence-corrected chi connectivity index (χ2v) is 5.68. The number of hydrogen-bond acceptors (Lipinski definition) is 3. The quantitative estimate of drug-likeness (QED) is 0.909. The molecule has 20 heavy (non-hydrogen) atoms. The number of amides is 1. The lowest BCUT2D eigenvalue weighted by Crippen LogP contribution is -2.59. The highest BCUT2D eigenvalue weighted by molar-refractivity contribution is 5.89. The largest absolute Gasteiger partial charge is 0.358 e. The molecule has 0 saturated carbocycles. The van der Waals surface area contributed by atoms with Crippen LogP contribution >= 0.6 is 0 Å². The summed E-state index contributed by atoms with van der Waals surface area (Å²) in [5.41, 5.74) is 0.580. The number of rotatable bonds is 4. The highest BCUT2D eigenvalue weighted by atomic mass is 16.2. The molecule has 0 bridgehead atoms. The molecule has 1 aliphatic heterocycles. The lowest BCUT2D eigenvalue weighted by atomic mass is 9.98. The number of likely N-dealkylation sites (N-methyl/N-ethyl adjacent to an activating group) is 1. The number of nitrogens with one attached hydrogen (secondary N) is 1. The van der Waals surface area contributed by atoms with Crippen LogP contribution in [0.4, 0.5) is 5.69 Å². The van der Waals surface area contributed by atoms with E-state index in [2.05, 4.69) is 29.3 Å². The van der Waals surface area contributed by atoms with Crippen LogP contribution in [0.2, 0.25) is 0 Å². The summed E-state index contributed by atoms with van der Waals surface area (Å²) in [6.07, 6.45) is 0. The summed E-state index contributed by atoms with van der Waals surface area (Å²) in [6, 6.07) is 10.2. The lowest BCUT2D eigenvalue weighted by molar-refractivity contribution is -0.136. The van der Waals surface area contributed by atoms with Crippen LogP contribution < -0.4 is 10.2 Å². The highest BCUT2D eigenvalue weighted by Crippen LogP contribution is 2.25. The van der Waals surface area contributed by atoms with E-state index in [9.17, 15) is 4.79 Å². The zero-order chi connectivity index (χ0) is 14.6. The van der Waals surface area contributed by atoms with Gasteiger partial charge in [0.1, 0.15) is 5.54 Å². The van der Waals surface area contributed by atoms with E-state index in [1.54, 1.807) is 0 Å². The van der Waals surface area contributed by atoms with Crippen LogP contribution in [0.1, 0.15) is 20.8 Å². The van der Waals surface area contributed by atoms with E-state index in [0.717, 1.165) is 38.4 Å². The molecule has 110 valence electrons. The van der Waals surface area contributed by atoms with E-state index >= 15 is 0 Å². The summed E-state index contributed by atoms with van der Waals surface area (Å²) in [5, 5.41) is 3.29. The van der Waals surface area contributed by atoms with Crippen LogP contribution in [0, 0.1) is 0 Å². The van der Waals surface area contributed by atoms with Crippen molar-refractivity contribution >= 4 is 11.6 Å². The Morgan fingerprint density at radius 1 is 1.25 bits per heavy atom. The van der Waals surface area contributed by atoms with Gasteiger partial charge in [0, 0.05) is 38.4 Å². The highest BCUT2D eigenvalue weighted by Gasteiger charge is 2.37. The fourth-order valence-electron chi connectivity index (χ4n) is 2.88. The van der Waals surface area contributed by atoms with Gasteiger partial charge in [0.25, 0.3) is 0 Å². The molecule has 1 saturated heterocycles. The maximum absolute atomic E-state index is 12.8. The first-order chi connectivity index (χ1) is 9.57. The molecule has 2 rings (SSSR count). The molecular formula is C16H25N3O. The molecule has 4 nitrogen and oxygen atoms in total. The Morgan fingerprint density at radius 3 is 2.40 bits per heavy atom. The molecule has 1 N–H and O–H groups in total. The number of nitrogens with zero attached hydrogens (tertiary/aromatic N) is 2. The monoisotopic (exact) mass is 275 g/mol. The number of carbonyl (C=O) groups is 1. The number of para-hydroxylation sites is 1. The summed E-state index contributed by atoms with van der Waals surface area (Å²) >= 11 is 0. The number of benzene rings is 1. The van der Waals surface area contributed by atoms with Gasteiger partial charge in [-0.25, -0.2) is 0 Å². The summed E-state index contributed by atoms with van der Waals surface area (Å²) in [5.74, 6) is 0.213. The van der Waals surface area contributed by atoms with Gasteiger partial charge < -0.3 is 15.1 Å². The van der Waals surface area contributed by atoms with Crippen molar-refractivity contribution < 1.29 is 4.79 Å². The Labute approximate surface area is 121 Å². The van der Waals surface area contributed by atoms with Gasteiger partial charge in [-0.15, -0.1) is 0 Å². The van der Waals surface area contributed by atoms with E-state index < -0.39 is 5.54 Å². The maximum Gasteiger partial charge on any atom is 0.247 e. The van der Waals surface area contributed by atoms with Gasteiger partial charge in [0.15, 0.2) is 0 Å². The standard InChI is InChI=1S/C16H25N3O/c1-4-19(14-8-6-5-7-9-14)16(2,3)15(20)18-12-10-17-11-13-18/h5-9,17H,4,10-13H2,1-3H3. The Balaban J connectivity index is 2.20. The third kappa shape index (κ3) is 2.96. The zero-order valence-corrected chi connectivity index (χ0v) is 12.7. The minimum absolute atomic E-state index is 0.213. The Morgan fingerprint density at radius 2 is 1.85 bits per heavy atom. The van der Waals surface area contributed by atoms with E-state index in [-0.39, 0.29) is 5.91 Å². The second-order valence-electron chi connectivity index (χ2n) is 5.68. The van der Waals surface area contributed by atoms with Crippen LogP contribution in [0.3, 0.4) is 0 Å². The van der Waals surface area contributed by atoms with Crippen molar-refractivity contribution in [3.05, 3.63) is 30.3 Å². The normalized spacial score (nSPS) is 16.1. The first-order valence-electron chi connectivity index (χ1n) is 7.40. The fraction of sp³-hybridized carbons (Fsp3) is 0.562. The summed E-state index contributed by atoms with van der Waals surface area (Å²) in [4.78, 5) is 17.0. The van der Waals surface area contributed by atoms with Crippen LogP contribution in [-0.4, -0.2) is 49.1 Å². The average Bonchev–Trinajstić information content (AvgIpc) is 2.49. The maximum atomic E-state index is 12.8. The van der Waals surface area contributed by atoms with Gasteiger partial charge in [0.2, 0.25) is 5.91 Å². The van der Waals surface area contributed by atoms with Crippen molar-refractivity contribution in [3.63, 3.8) is 0 Å². The van der Waals surface area contributed by atoms with Gasteiger partial charge >= 0.3 is 0 Å². The number of carbonyl (C=O) groups excluding carboxylic acids is 1. The number of piperazine rings is 1. The van der Waals surface area contributed by atoms with Crippen molar-refractivity contribution in [1.82, 2.24) is 10.2 Å². The Bertz CT molecular complexity index is 438. The van der Waals surface area contributed by atoms with Crippen LogP contribution in [0.5, 0.6) is 0 Å². The third-order valence-corrected chi connectivity index (χ3v) is 3.99. The Hall–Kier alpha value is -1.55. The molecule has 4 heteroatoms. The van der Waals surface area contributed by atoms with Gasteiger partial charge in [-0.05, 0) is 32.9 Å². The van der Waals surface area contributed by atoms with E-state index in [4.69, 9.17) is 0 Å². The van der Waals surface area contributed by atoms with Crippen LogP contribution in [0.25, 0.3) is 0 Å². The number of hydrogen-bond donors (Lipinski definition) is 1. The number of anilines is 1. The van der Waals surface area contributed by atoms with Gasteiger partial charge in [-0.3, -0.25) is 4.79 Å². The van der Waals surface area contributed by atoms with E-state index in [1.165, 1.54) is 0 Å². The fourth-order valence-corrected chi connectivity index (χ4v) is 2.88. The molecule has 1 aromatic carbocycles. The average molecular weight is 275 g/mol. The molecule has 1 aromatic rings. The summed E-state index contributed by atoms with van der Waals surface area (Å²) in [6.45, 7) is 10.3. The third-order valence-electron chi connectivity index (χ3n) is 3.99. The van der Waals surface area contributed by atoms with Crippen molar-refractivity contribution in [1.29, 1.82) is 0 Å². The first kappa shape index (κ1) is 14.9. The summed E-state index contributed by atoms with van der Waals surface area (Å²) < 4.78 is 0. The van der Waals surface area contributed by atoms with Crippen molar-refractivity contribution in [2.75, 3.05) is 37.6 Å². The van der Waals surface area contributed by atoms with Crippen molar-refractivity contribution in [2.24, 2.45) is 0 Å². The molecule has 1 amide bonds. The van der Waals surface area contributed by atoms with Crippen molar-refractivity contribution in [3.8, 4) is 0 Å². The van der Waals surface area contributed by atoms with Crippen LogP contribution in [0.15, 0.2) is 30.3 Å². The Kier molecular flexibility index (Phi) is 4.65. The smallest absolute Gasteiger partial charge is 0.247 e. The second kappa shape index (κ2) is 6.27. The molecule has 1 fully saturated rings. The minimum atomic E-state index is -0.520. The van der Waals surface area contributed by atoms with Gasteiger partial charge in [0.05, 0.1) is 0 Å². The molecule has 1 aliphatic rings. The molecule has 1 heterocycles. The van der Waals surface area contributed by atoms with Gasteiger partial charge in [-0.2, -0.15) is 0 Å². The van der Waals surface area contributed by atoms with E-state index in [1.807, 2.05) is 36.9 Å². The molecule has 0 radical (unpaired) electrons. The molecule has 0 spiro atoms. The predicted molar refractivity (Wildman–Crippen MR) is 83.0 cm³/mol. The van der Waals surface area contributed by atoms with Crippen molar-refractivity contribution in [2.45, 2.75) is 26.3 Å². The SMILES string of the molecule is CCN(c1ccccc1)C(C)(C)C(=O)N1CCNCC1. The molecule has 0 aromatic heterocycles. The molecule has 0 unspecified atom stereocenters. The lowest BCUT2D eigenvalue weighted by Gasteiger charge is -2.42. The van der Waals surface area contributed by atoms with Crippen LogP contribution in [-0.2, 0) is 4.79 Å². The summed E-state index contributed by atoms with van der Waals surface area (Å²) in [7, 11) is 0.